The van der Waals surface area contributed by atoms with Crippen molar-refractivity contribution in [2.75, 3.05) is 6.54 Å². The Morgan fingerprint density at radius 2 is 2.17 bits per heavy atom. The number of aryl methyl sites for hydroxylation is 1. The molecule has 3 rings (SSSR count). The number of nitrogens with zero attached hydrogens (tertiary/aromatic N) is 2. The largest absolute Gasteiger partial charge is 0.392 e. The average molecular weight is 335 g/mol. The normalized spacial score (nSPS) is 21.3. The van der Waals surface area contributed by atoms with Gasteiger partial charge in [-0.1, -0.05) is 6.92 Å². The van der Waals surface area contributed by atoms with Crippen LogP contribution in [0, 0.1) is 11.6 Å². The topological polar surface area (TPSA) is 69.2 Å². The number of H-pyrrole nitrogens is 1. The fourth-order valence-electron chi connectivity index (χ4n) is 3.16. The maximum Gasteiger partial charge on any atom is 0.251 e. The minimum Gasteiger partial charge on any atom is -0.392 e. The summed E-state index contributed by atoms with van der Waals surface area (Å²) in [6.45, 7) is 2.46. The van der Waals surface area contributed by atoms with Crippen molar-refractivity contribution >= 4 is 0 Å². The molecule has 1 aliphatic rings. The molecule has 128 valence electrons. The second-order valence-electron chi connectivity index (χ2n) is 6.04. The van der Waals surface area contributed by atoms with Crippen LogP contribution in [0.25, 0.3) is 0 Å². The van der Waals surface area contributed by atoms with Gasteiger partial charge in [0.05, 0.1) is 12.6 Å². The zero-order chi connectivity index (χ0) is 17.3. The summed E-state index contributed by atoms with van der Waals surface area (Å²) >= 11 is 0. The predicted octanol–water partition coefficient (Wildman–Crippen LogP) is 1.92. The summed E-state index contributed by atoms with van der Waals surface area (Å²) in [5.41, 5.74) is 0.632. The molecular weight excluding hydrogens is 316 g/mol. The summed E-state index contributed by atoms with van der Waals surface area (Å²) in [6, 6.07) is 4.28. The SMILES string of the molecule is CCc1cc(=O)[nH]c(CN2C[C@@H](O)C[C@H]2c2cc(F)ccc2F)n1. The fraction of sp³-hybridized carbons (Fsp3) is 0.412. The molecule has 0 unspecified atom stereocenters. The molecule has 0 aliphatic carbocycles. The van der Waals surface area contributed by atoms with Crippen LogP contribution in [0.2, 0.25) is 0 Å². The van der Waals surface area contributed by atoms with Gasteiger partial charge in [0, 0.05) is 29.9 Å². The van der Waals surface area contributed by atoms with Gasteiger partial charge in [-0.05, 0) is 31.0 Å². The monoisotopic (exact) mass is 335 g/mol. The van der Waals surface area contributed by atoms with Gasteiger partial charge in [-0.2, -0.15) is 0 Å². The second-order valence-corrected chi connectivity index (χ2v) is 6.04. The third-order valence-corrected chi connectivity index (χ3v) is 4.26. The Bertz CT molecular complexity index is 794. The first-order valence-electron chi connectivity index (χ1n) is 7.92. The van der Waals surface area contributed by atoms with Crippen molar-refractivity contribution in [2.45, 2.75) is 38.5 Å². The Labute approximate surface area is 138 Å². The number of rotatable bonds is 4. The number of benzene rings is 1. The molecule has 0 radical (unpaired) electrons. The van der Waals surface area contributed by atoms with E-state index < -0.39 is 23.8 Å². The van der Waals surface area contributed by atoms with Crippen LogP contribution in [0.15, 0.2) is 29.1 Å². The molecule has 1 aromatic carbocycles. The van der Waals surface area contributed by atoms with Gasteiger partial charge in [0.2, 0.25) is 0 Å². The zero-order valence-corrected chi connectivity index (χ0v) is 13.3. The van der Waals surface area contributed by atoms with Gasteiger partial charge in [-0.25, -0.2) is 13.8 Å². The highest BCUT2D eigenvalue weighted by Gasteiger charge is 2.34. The van der Waals surface area contributed by atoms with E-state index in [1.807, 2.05) is 6.92 Å². The van der Waals surface area contributed by atoms with Crippen LogP contribution in [-0.2, 0) is 13.0 Å². The van der Waals surface area contributed by atoms with Crippen LogP contribution < -0.4 is 5.56 Å². The van der Waals surface area contributed by atoms with Gasteiger partial charge in [-0.3, -0.25) is 9.69 Å². The van der Waals surface area contributed by atoms with Gasteiger partial charge >= 0.3 is 0 Å². The molecule has 2 aromatic rings. The molecule has 2 heterocycles. The molecule has 1 saturated heterocycles. The number of aliphatic hydroxyl groups is 1. The first-order chi connectivity index (χ1) is 11.5. The molecule has 5 nitrogen and oxygen atoms in total. The second kappa shape index (κ2) is 6.78. The Morgan fingerprint density at radius 3 is 2.92 bits per heavy atom. The number of hydrogen-bond donors (Lipinski definition) is 2. The van der Waals surface area contributed by atoms with Gasteiger partial charge in [-0.15, -0.1) is 0 Å². The number of aromatic nitrogens is 2. The highest BCUT2D eigenvalue weighted by molar-refractivity contribution is 5.24. The molecule has 1 aliphatic heterocycles. The molecule has 2 atom stereocenters. The van der Waals surface area contributed by atoms with Gasteiger partial charge < -0.3 is 10.1 Å². The molecule has 0 amide bonds. The summed E-state index contributed by atoms with van der Waals surface area (Å²) in [4.78, 5) is 20.5. The average Bonchev–Trinajstić information content (AvgIpc) is 2.89. The summed E-state index contributed by atoms with van der Waals surface area (Å²) in [7, 11) is 0. The number of halogens is 2. The van der Waals surface area contributed by atoms with Crippen molar-refractivity contribution in [2.24, 2.45) is 0 Å². The van der Waals surface area contributed by atoms with E-state index in [4.69, 9.17) is 0 Å². The van der Waals surface area contributed by atoms with E-state index in [2.05, 4.69) is 9.97 Å². The standard InChI is InChI=1S/C17H19F2N3O2/c1-2-11-6-17(24)21-16(20-11)9-22-8-12(23)7-15(22)13-5-10(18)3-4-14(13)19/h3-6,12,15,23H,2,7-9H2,1H3,(H,20,21,24)/t12-,15-/m0/s1. The molecular formula is C17H19F2N3O2. The van der Waals surface area contributed by atoms with Crippen LogP contribution in [0.3, 0.4) is 0 Å². The number of aliphatic hydroxyl groups excluding tert-OH is 1. The molecule has 0 saturated carbocycles. The molecule has 7 heteroatoms. The van der Waals surface area contributed by atoms with Crippen molar-refractivity contribution in [3.05, 3.63) is 63.3 Å². The molecule has 2 N–H and O–H groups in total. The molecule has 1 aromatic heterocycles. The van der Waals surface area contributed by atoms with E-state index in [0.29, 0.717) is 30.9 Å². The van der Waals surface area contributed by atoms with E-state index >= 15 is 0 Å². The lowest BCUT2D eigenvalue weighted by atomic mass is 10.0. The zero-order valence-electron chi connectivity index (χ0n) is 13.3. The lowest BCUT2D eigenvalue weighted by molar-refractivity contribution is 0.171. The molecule has 0 bridgehead atoms. The van der Waals surface area contributed by atoms with Gasteiger partial charge in [0.25, 0.3) is 5.56 Å². The lowest BCUT2D eigenvalue weighted by Crippen LogP contribution is -2.27. The Balaban J connectivity index is 1.90. The van der Waals surface area contributed by atoms with E-state index in [1.54, 1.807) is 4.90 Å². The van der Waals surface area contributed by atoms with Crippen molar-refractivity contribution in [1.29, 1.82) is 0 Å². The van der Waals surface area contributed by atoms with Gasteiger partial charge in [0.1, 0.15) is 17.5 Å². The van der Waals surface area contributed by atoms with Crippen molar-refractivity contribution < 1.29 is 13.9 Å². The van der Waals surface area contributed by atoms with E-state index in [0.717, 1.165) is 18.2 Å². The maximum atomic E-state index is 14.1. The summed E-state index contributed by atoms with van der Waals surface area (Å²) in [5, 5.41) is 9.97. The Kier molecular flexibility index (Phi) is 4.73. The maximum absolute atomic E-state index is 14.1. The van der Waals surface area contributed by atoms with Crippen molar-refractivity contribution in [3.8, 4) is 0 Å². The number of likely N-dealkylation sites (tertiary alicyclic amines) is 1. The molecule has 24 heavy (non-hydrogen) atoms. The Hall–Kier alpha value is -2.12. The number of aromatic amines is 1. The van der Waals surface area contributed by atoms with Crippen LogP contribution in [0.4, 0.5) is 8.78 Å². The smallest absolute Gasteiger partial charge is 0.251 e. The fourth-order valence-corrected chi connectivity index (χ4v) is 3.16. The predicted molar refractivity (Wildman–Crippen MR) is 84.4 cm³/mol. The highest BCUT2D eigenvalue weighted by atomic mass is 19.1. The van der Waals surface area contributed by atoms with Crippen molar-refractivity contribution in [3.63, 3.8) is 0 Å². The van der Waals surface area contributed by atoms with E-state index in [-0.39, 0.29) is 17.7 Å². The number of nitrogens with one attached hydrogen (secondary N) is 1. The van der Waals surface area contributed by atoms with Gasteiger partial charge in [0.15, 0.2) is 0 Å². The molecule has 1 fully saturated rings. The van der Waals surface area contributed by atoms with Crippen LogP contribution in [0.5, 0.6) is 0 Å². The third-order valence-electron chi connectivity index (χ3n) is 4.26. The summed E-state index contributed by atoms with van der Waals surface area (Å²) < 4.78 is 27.6. The van der Waals surface area contributed by atoms with Crippen LogP contribution in [0.1, 0.15) is 36.5 Å². The van der Waals surface area contributed by atoms with Crippen molar-refractivity contribution in [1.82, 2.24) is 14.9 Å². The van der Waals surface area contributed by atoms with Crippen LogP contribution in [-0.4, -0.2) is 32.6 Å². The Morgan fingerprint density at radius 1 is 1.38 bits per heavy atom. The summed E-state index contributed by atoms with van der Waals surface area (Å²) in [6.07, 6.45) is 0.290. The first kappa shape index (κ1) is 16.7. The van der Waals surface area contributed by atoms with E-state index in [1.165, 1.54) is 6.07 Å². The van der Waals surface area contributed by atoms with E-state index in [9.17, 15) is 18.7 Å². The lowest BCUT2D eigenvalue weighted by Gasteiger charge is -2.24. The number of β-amino-alcohol motifs (C(OH)–C–C–N with tert-alkyl or cyclic N) is 1. The minimum atomic E-state index is -0.640. The number of hydrogen-bond acceptors (Lipinski definition) is 4. The third kappa shape index (κ3) is 3.52. The first-order valence-corrected chi connectivity index (χ1v) is 7.92. The summed E-state index contributed by atoms with van der Waals surface area (Å²) in [5.74, 6) is -0.577. The highest BCUT2D eigenvalue weighted by Crippen LogP contribution is 2.34. The minimum absolute atomic E-state index is 0.209. The van der Waals surface area contributed by atoms with Crippen LogP contribution >= 0.6 is 0 Å². The molecule has 0 spiro atoms. The quantitative estimate of drug-likeness (QED) is 0.896.